The number of carbonyl (C=O) groups is 2. The highest BCUT2D eigenvalue weighted by molar-refractivity contribution is 8.00. The largest absolute Gasteiger partial charge is 0.494 e. The van der Waals surface area contributed by atoms with Gasteiger partial charge >= 0.3 is 0 Å². The molecular formula is C27H36N2O3S. The van der Waals surface area contributed by atoms with E-state index in [0.717, 1.165) is 35.5 Å². The third-order valence-corrected chi connectivity index (χ3v) is 6.99. The highest BCUT2D eigenvalue weighted by Crippen LogP contribution is 2.42. The lowest BCUT2D eigenvalue weighted by Gasteiger charge is -2.24. The fraction of sp³-hybridized carbons (Fsp3) is 0.481. The predicted octanol–water partition coefficient (Wildman–Crippen LogP) is 6.94. The summed E-state index contributed by atoms with van der Waals surface area (Å²) in [5.74, 6) is 1.42. The molecule has 1 N–H and O–H groups in total. The maximum atomic E-state index is 12.6. The molecule has 1 saturated heterocycles. The molecule has 1 aliphatic heterocycles. The van der Waals surface area contributed by atoms with Gasteiger partial charge in [-0.15, -0.1) is 11.8 Å². The first kappa shape index (κ1) is 25.2. The van der Waals surface area contributed by atoms with E-state index in [0.29, 0.717) is 18.8 Å². The van der Waals surface area contributed by atoms with Crippen molar-refractivity contribution in [3.8, 4) is 5.75 Å². The third kappa shape index (κ3) is 7.53. The molecule has 178 valence electrons. The monoisotopic (exact) mass is 468 g/mol. The number of hydrogen-bond donors (Lipinski definition) is 1. The van der Waals surface area contributed by atoms with Crippen LogP contribution in [-0.2, 0) is 9.59 Å². The number of nitrogens with one attached hydrogen (secondary N) is 1. The second-order valence-electron chi connectivity index (χ2n) is 8.40. The average Bonchev–Trinajstić information content (AvgIpc) is 3.21. The minimum atomic E-state index is -0.0760. The molecule has 2 aromatic rings. The van der Waals surface area contributed by atoms with Crippen molar-refractivity contribution in [3.63, 3.8) is 0 Å². The summed E-state index contributed by atoms with van der Waals surface area (Å²) >= 11 is 1.62. The minimum absolute atomic E-state index is 0.0674. The Morgan fingerprint density at radius 1 is 0.970 bits per heavy atom. The Morgan fingerprint density at radius 2 is 1.64 bits per heavy atom. The van der Waals surface area contributed by atoms with E-state index in [1.165, 1.54) is 32.1 Å². The van der Waals surface area contributed by atoms with E-state index >= 15 is 0 Å². The van der Waals surface area contributed by atoms with E-state index in [-0.39, 0.29) is 17.2 Å². The number of anilines is 2. The SMILES string of the molecule is CCCCCCCCCC(=O)Nc1ccc([C@H]2SCC(=O)N2c2ccc(OCC)cc2)cc1. The van der Waals surface area contributed by atoms with Crippen LogP contribution in [0.1, 0.15) is 76.2 Å². The summed E-state index contributed by atoms with van der Waals surface area (Å²) in [4.78, 5) is 26.7. The number of amides is 2. The smallest absolute Gasteiger partial charge is 0.238 e. The molecule has 3 rings (SSSR count). The van der Waals surface area contributed by atoms with Gasteiger partial charge in [0.05, 0.1) is 12.4 Å². The van der Waals surface area contributed by atoms with E-state index in [9.17, 15) is 9.59 Å². The van der Waals surface area contributed by atoms with Gasteiger partial charge in [0.15, 0.2) is 0 Å². The van der Waals surface area contributed by atoms with Crippen molar-refractivity contribution in [2.24, 2.45) is 0 Å². The second-order valence-corrected chi connectivity index (χ2v) is 9.46. The van der Waals surface area contributed by atoms with Crippen LogP contribution < -0.4 is 15.0 Å². The number of unbranched alkanes of at least 4 members (excludes halogenated alkanes) is 6. The first-order valence-electron chi connectivity index (χ1n) is 12.2. The average molecular weight is 469 g/mol. The Balaban J connectivity index is 1.52. The van der Waals surface area contributed by atoms with Gasteiger partial charge in [0.25, 0.3) is 0 Å². The molecule has 5 nitrogen and oxygen atoms in total. The third-order valence-electron chi connectivity index (χ3n) is 5.78. The summed E-state index contributed by atoms with van der Waals surface area (Å²) in [6, 6.07) is 15.5. The predicted molar refractivity (Wildman–Crippen MR) is 138 cm³/mol. The lowest BCUT2D eigenvalue weighted by Crippen LogP contribution is -2.27. The molecule has 2 amide bonds. The molecule has 0 spiro atoms. The number of ether oxygens (including phenoxy) is 1. The quantitative estimate of drug-likeness (QED) is 0.323. The number of carbonyl (C=O) groups excluding carboxylic acids is 2. The number of benzene rings is 2. The van der Waals surface area contributed by atoms with Crippen molar-refractivity contribution < 1.29 is 14.3 Å². The van der Waals surface area contributed by atoms with Crippen molar-refractivity contribution in [2.75, 3.05) is 22.6 Å². The maximum Gasteiger partial charge on any atom is 0.238 e. The van der Waals surface area contributed by atoms with Crippen LogP contribution in [0.3, 0.4) is 0 Å². The molecule has 33 heavy (non-hydrogen) atoms. The van der Waals surface area contributed by atoms with Gasteiger partial charge in [-0.05, 0) is 55.3 Å². The van der Waals surface area contributed by atoms with E-state index in [2.05, 4.69) is 12.2 Å². The molecule has 0 radical (unpaired) electrons. The lowest BCUT2D eigenvalue weighted by molar-refractivity contribution is -0.116. The summed E-state index contributed by atoms with van der Waals surface area (Å²) in [5.41, 5.74) is 2.71. The van der Waals surface area contributed by atoms with Crippen LogP contribution in [0.25, 0.3) is 0 Å². The van der Waals surface area contributed by atoms with E-state index in [1.54, 1.807) is 11.8 Å². The van der Waals surface area contributed by atoms with Gasteiger partial charge in [-0.3, -0.25) is 14.5 Å². The summed E-state index contributed by atoms with van der Waals surface area (Å²) in [6.07, 6.45) is 8.97. The van der Waals surface area contributed by atoms with Crippen LogP contribution >= 0.6 is 11.8 Å². The zero-order valence-electron chi connectivity index (χ0n) is 19.8. The van der Waals surface area contributed by atoms with Crippen molar-refractivity contribution in [3.05, 3.63) is 54.1 Å². The number of rotatable bonds is 13. The zero-order chi connectivity index (χ0) is 23.5. The van der Waals surface area contributed by atoms with Crippen LogP contribution in [0.4, 0.5) is 11.4 Å². The summed E-state index contributed by atoms with van der Waals surface area (Å²) in [5, 5.41) is 2.92. The maximum absolute atomic E-state index is 12.6. The Hall–Kier alpha value is -2.47. The highest BCUT2D eigenvalue weighted by Gasteiger charge is 2.34. The summed E-state index contributed by atoms with van der Waals surface area (Å²) in [7, 11) is 0. The normalized spacial score (nSPS) is 15.6. The molecule has 0 aromatic heterocycles. The van der Waals surface area contributed by atoms with Crippen LogP contribution in [0.2, 0.25) is 0 Å². The molecule has 1 aliphatic rings. The molecule has 0 aliphatic carbocycles. The molecule has 0 bridgehead atoms. The Bertz CT molecular complexity index is 883. The Labute approximate surface area is 202 Å². The van der Waals surface area contributed by atoms with Crippen molar-refractivity contribution in [1.82, 2.24) is 0 Å². The second kappa shape index (κ2) is 13.3. The zero-order valence-corrected chi connectivity index (χ0v) is 20.7. The topological polar surface area (TPSA) is 58.6 Å². The highest BCUT2D eigenvalue weighted by atomic mass is 32.2. The number of hydrogen-bond acceptors (Lipinski definition) is 4. The molecule has 2 aromatic carbocycles. The summed E-state index contributed by atoms with van der Waals surface area (Å²) in [6.45, 7) is 4.79. The van der Waals surface area contributed by atoms with Gasteiger partial charge in [-0.25, -0.2) is 0 Å². The van der Waals surface area contributed by atoms with Crippen molar-refractivity contribution >= 4 is 35.0 Å². The molecule has 1 fully saturated rings. The minimum Gasteiger partial charge on any atom is -0.494 e. The van der Waals surface area contributed by atoms with Crippen LogP contribution in [0.15, 0.2) is 48.5 Å². The van der Waals surface area contributed by atoms with Crippen molar-refractivity contribution in [2.45, 2.75) is 70.6 Å². The van der Waals surface area contributed by atoms with Crippen LogP contribution in [0, 0.1) is 0 Å². The molecule has 1 heterocycles. The van der Waals surface area contributed by atoms with Gasteiger partial charge in [-0.1, -0.05) is 57.6 Å². The van der Waals surface area contributed by atoms with Gasteiger partial charge < -0.3 is 10.1 Å². The van der Waals surface area contributed by atoms with E-state index in [4.69, 9.17) is 4.74 Å². The first-order chi connectivity index (χ1) is 16.1. The van der Waals surface area contributed by atoms with Gasteiger partial charge in [0.2, 0.25) is 11.8 Å². The fourth-order valence-corrected chi connectivity index (χ4v) is 5.19. The summed E-state index contributed by atoms with van der Waals surface area (Å²) < 4.78 is 5.51. The lowest BCUT2D eigenvalue weighted by atomic mass is 10.1. The van der Waals surface area contributed by atoms with Crippen molar-refractivity contribution in [1.29, 1.82) is 0 Å². The van der Waals surface area contributed by atoms with Gasteiger partial charge in [-0.2, -0.15) is 0 Å². The molecular weight excluding hydrogens is 432 g/mol. The first-order valence-corrected chi connectivity index (χ1v) is 13.2. The Morgan fingerprint density at radius 3 is 2.30 bits per heavy atom. The van der Waals surface area contributed by atoms with E-state index < -0.39 is 0 Å². The fourth-order valence-electron chi connectivity index (χ4n) is 4.02. The standard InChI is InChI=1S/C27H36N2O3S/c1-3-5-6-7-8-9-10-11-25(30)28-22-14-12-21(13-15-22)27-29(26(31)20-33-27)23-16-18-24(19-17-23)32-4-2/h12-19,27H,3-11,20H2,1-2H3,(H,28,30)/t27-/m1/s1. The molecule has 0 unspecified atom stereocenters. The number of thioether (sulfide) groups is 1. The number of nitrogens with zero attached hydrogens (tertiary/aromatic N) is 1. The Kier molecular flexibility index (Phi) is 10.1. The van der Waals surface area contributed by atoms with E-state index in [1.807, 2.05) is 60.4 Å². The van der Waals surface area contributed by atoms with Gasteiger partial charge in [0, 0.05) is 17.8 Å². The van der Waals surface area contributed by atoms with Crippen LogP contribution in [-0.4, -0.2) is 24.2 Å². The molecule has 1 atom stereocenters. The molecule has 6 heteroatoms. The van der Waals surface area contributed by atoms with Crippen LogP contribution in [0.5, 0.6) is 5.75 Å². The molecule has 0 saturated carbocycles. The van der Waals surface area contributed by atoms with Gasteiger partial charge in [0.1, 0.15) is 11.1 Å².